The topological polar surface area (TPSA) is 146 Å². The van der Waals surface area contributed by atoms with Crippen molar-refractivity contribution in [1.29, 1.82) is 0 Å². The molecule has 10 nitrogen and oxygen atoms in total. The maximum absolute atomic E-state index is 14.3. The van der Waals surface area contributed by atoms with Gasteiger partial charge in [0.25, 0.3) is 0 Å². The highest BCUT2D eigenvalue weighted by Gasteiger charge is 2.34. The Morgan fingerprint density at radius 3 is 0.935 bits per heavy atom. The Bertz CT molecular complexity index is 2290. The maximum Gasteiger partial charge on any atom is 0.314 e. The van der Waals surface area contributed by atoms with Crippen LogP contribution in [-0.2, 0) is 19.2 Å². The fraction of sp³-hybridized carbons (Fsp3) is 0.538. The van der Waals surface area contributed by atoms with Crippen molar-refractivity contribution >= 4 is 45.4 Å². The second-order valence-corrected chi connectivity index (χ2v) is 16.9. The summed E-state index contributed by atoms with van der Waals surface area (Å²) in [6, 6.07) is 9.61. The van der Waals surface area contributed by atoms with Crippen molar-refractivity contribution in [2.75, 3.05) is 0 Å². The zero-order valence-electron chi connectivity index (χ0n) is 38.2. The van der Waals surface area contributed by atoms with Gasteiger partial charge in [-0.2, -0.15) is 0 Å². The Morgan fingerprint density at radius 1 is 0.419 bits per heavy atom. The molecular weight excluding hydrogens is 785 g/mol. The molecule has 0 radical (unpaired) electrons. The van der Waals surface area contributed by atoms with Crippen LogP contribution < -0.4 is 18.9 Å². The monoisotopic (exact) mass is 852 g/mol. The first-order chi connectivity index (χ1) is 30.0. The van der Waals surface area contributed by atoms with Gasteiger partial charge < -0.3 is 29.2 Å². The summed E-state index contributed by atoms with van der Waals surface area (Å²) in [5.41, 5.74) is 0. The van der Waals surface area contributed by atoms with Gasteiger partial charge in [0.15, 0.2) is 11.5 Å². The third kappa shape index (κ3) is 9.90. The number of fused-ring (bicyclic) bond motifs is 4. The average Bonchev–Trinajstić information content (AvgIpc) is 3.25. The summed E-state index contributed by atoms with van der Waals surface area (Å²) < 4.78 is 25.9. The fourth-order valence-electron chi connectivity index (χ4n) is 8.71. The molecule has 0 spiro atoms. The van der Waals surface area contributed by atoms with E-state index in [1.165, 1.54) is 12.1 Å². The number of benzene rings is 4. The van der Waals surface area contributed by atoms with Gasteiger partial charge in [0.2, 0.25) is 0 Å². The quantitative estimate of drug-likeness (QED) is 0.0454. The van der Waals surface area contributed by atoms with Crippen molar-refractivity contribution in [3.63, 3.8) is 0 Å². The average molecular weight is 853 g/mol. The van der Waals surface area contributed by atoms with Gasteiger partial charge in [-0.1, -0.05) is 131 Å². The number of rotatable bonds is 24. The largest absolute Gasteiger partial charge is 0.507 e. The van der Waals surface area contributed by atoms with Crippen LogP contribution in [0.2, 0.25) is 0 Å². The maximum atomic E-state index is 14.3. The van der Waals surface area contributed by atoms with Gasteiger partial charge in [-0.3, -0.25) is 19.2 Å². The Morgan fingerprint density at radius 2 is 0.677 bits per heavy atom. The van der Waals surface area contributed by atoms with E-state index in [9.17, 15) is 29.4 Å². The Hall–Kier alpha value is -5.12. The lowest BCUT2D eigenvalue weighted by atomic mass is 9.90. The molecule has 1 aliphatic carbocycles. The third-order valence-electron chi connectivity index (χ3n) is 12.7. The number of phenols is 2. The molecule has 0 heterocycles. The summed E-state index contributed by atoms with van der Waals surface area (Å²) in [5.74, 6) is -3.98. The molecule has 62 heavy (non-hydrogen) atoms. The molecule has 4 aromatic carbocycles. The fourth-order valence-corrected chi connectivity index (χ4v) is 8.71. The van der Waals surface area contributed by atoms with Crippen LogP contribution in [0.4, 0.5) is 0 Å². The van der Waals surface area contributed by atoms with E-state index in [1.54, 1.807) is 24.3 Å². The number of carbonyl (C=O) groups is 4. The SMILES string of the molecule is CCCCC(CC)C(=O)Oc1c2c(c(OC(=O)C(CC)CCCC)c3c(O)cccc13)=c1c(OC(=O)C(CC)CCCC)c3c(O)cccc3c(OC(=O)C(CC)CCCC)c1=2. The van der Waals surface area contributed by atoms with Gasteiger partial charge >= 0.3 is 23.9 Å². The van der Waals surface area contributed by atoms with Crippen LogP contribution in [0, 0.1) is 44.5 Å². The molecule has 336 valence electrons. The predicted octanol–water partition coefficient (Wildman–Crippen LogP) is 12.8. The molecule has 0 saturated heterocycles. The lowest BCUT2D eigenvalue weighted by Gasteiger charge is -2.25. The number of carbonyl (C=O) groups excluding carboxylic acids is 4. The van der Waals surface area contributed by atoms with Crippen LogP contribution in [0.1, 0.15) is 158 Å². The van der Waals surface area contributed by atoms with E-state index in [1.807, 2.05) is 27.7 Å². The highest BCUT2D eigenvalue weighted by molar-refractivity contribution is 6.04. The number of ether oxygens (including phenoxy) is 4. The van der Waals surface area contributed by atoms with Crippen LogP contribution in [0.5, 0.6) is 34.5 Å². The molecule has 1 aliphatic rings. The van der Waals surface area contributed by atoms with Crippen LogP contribution in [0.25, 0.3) is 21.5 Å². The van der Waals surface area contributed by atoms with E-state index in [2.05, 4.69) is 27.7 Å². The van der Waals surface area contributed by atoms with Crippen molar-refractivity contribution in [2.45, 2.75) is 158 Å². The summed E-state index contributed by atoms with van der Waals surface area (Å²) in [6.45, 7) is 16.0. The van der Waals surface area contributed by atoms with Gasteiger partial charge in [-0.05, 0) is 63.5 Å². The second kappa shape index (κ2) is 22.3. The Kier molecular flexibility index (Phi) is 17.2. The number of phenolic OH excluding ortho intramolecular Hbond substituents is 2. The third-order valence-corrected chi connectivity index (χ3v) is 12.7. The highest BCUT2D eigenvalue weighted by atomic mass is 16.6. The van der Waals surface area contributed by atoms with Gasteiger partial charge in [-0.25, -0.2) is 0 Å². The highest BCUT2D eigenvalue weighted by Crippen LogP contribution is 2.51. The smallest absolute Gasteiger partial charge is 0.314 e. The number of esters is 4. The minimum Gasteiger partial charge on any atom is -0.507 e. The van der Waals surface area contributed by atoms with Crippen molar-refractivity contribution in [1.82, 2.24) is 0 Å². The number of hydrogen-bond acceptors (Lipinski definition) is 10. The van der Waals surface area contributed by atoms with Crippen LogP contribution in [0.3, 0.4) is 0 Å². The minimum absolute atomic E-state index is 0.00452. The van der Waals surface area contributed by atoms with Gasteiger partial charge in [0.1, 0.15) is 23.0 Å². The zero-order valence-corrected chi connectivity index (χ0v) is 38.2. The summed E-state index contributed by atoms with van der Waals surface area (Å²) in [4.78, 5) is 57.1. The number of hydrogen-bond donors (Lipinski definition) is 2. The van der Waals surface area contributed by atoms with Gasteiger partial charge in [0, 0.05) is 31.6 Å². The normalized spacial score (nSPS) is 13.7. The standard InChI is InChI=1S/C52H68O10/c1-9-17-23-31(13-5)49(55)59-45-35-27-21-29-37(53)39(35)47(61-51(57)33(15-7)25-19-11-3)43-41(45)42-44(43)48(62-52(58)34(16-8)26-20-12-4)40-36(28-22-30-38(40)54)46(42)60-50(56)32(14-6)24-18-10-2/h21-22,27-34,53-54H,9-20,23-26H2,1-8H3. The molecule has 0 bridgehead atoms. The van der Waals surface area contributed by atoms with Crippen LogP contribution >= 0.6 is 0 Å². The predicted molar refractivity (Wildman–Crippen MR) is 242 cm³/mol. The van der Waals surface area contributed by atoms with Crippen molar-refractivity contribution in [3.05, 3.63) is 57.3 Å². The lowest BCUT2D eigenvalue weighted by molar-refractivity contribution is -0.140. The number of aromatic hydroxyl groups is 2. The summed E-state index contributed by atoms with van der Waals surface area (Å²) >= 11 is 0. The Labute approximate surface area is 366 Å². The molecule has 0 fully saturated rings. The molecule has 0 aromatic heterocycles. The van der Waals surface area contributed by atoms with E-state index in [-0.39, 0.29) is 55.7 Å². The summed E-state index contributed by atoms with van der Waals surface area (Å²) in [6.07, 6.45) is 11.3. The molecule has 0 saturated carbocycles. The Balaban J connectivity index is 2.03. The van der Waals surface area contributed by atoms with E-state index in [0.717, 1.165) is 51.4 Å². The van der Waals surface area contributed by atoms with E-state index in [4.69, 9.17) is 18.9 Å². The molecular formula is C52H68O10. The van der Waals surface area contributed by atoms with Crippen molar-refractivity contribution < 1.29 is 48.3 Å². The lowest BCUT2D eigenvalue weighted by Crippen LogP contribution is -2.24. The molecule has 4 aromatic rings. The second-order valence-electron chi connectivity index (χ2n) is 16.9. The minimum atomic E-state index is -0.502. The van der Waals surface area contributed by atoms with Crippen LogP contribution in [0.15, 0.2) is 36.4 Å². The molecule has 5 rings (SSSR count). The van der Waals surface area contributed by atoms with E-state index in [0.29, 0.717) is 72.6 Å². The molecule has 2 N–H and O–H groups in total. The zero-order chi connectivity index (χ0) is 45.1. The number of unbranched alkanes of at least 4 members (excludes halogenated alkanes) is 4. The first kappa shape index (κ1) is 47.9. The molecule has 4 unspecified atom stereocenters. The molecule has 10 heteroatoms. The van der Waals surface area contributed by atoms with E-state index < -0.39 is 47.5 Å². The van der Waals surface area contributed by atoms with Gasteiger partial charge in [-0.15, -0.1) is 0 Å². The summed E-state index contributed by atoms with van der Waals surface area (Å²) in [7, 11) is 0. The van der Waals surface area contributed by atoms with Gasteiger partial charge in [0.05, 0.1) is 34.4 Å². The molecule has 0 aliphatic heterocycles. The molecule has 0 amide bonds. The first-order valence-electron chi connectivity index (χ1n) is 23.5. The van der Waals surface area contributed by atoms with E-state index >= 15 is 0 Å². The summed E-state index contributed by atoms with van der Waals surface area (Å²) in [5, 5.41) is 25.5. The van der Waals surface area contributed by atoms with Crippen molar-refractivity contribution in [3.8, 4) is 34.5 Å². The first-order valence-corrected chi connectivity index (χ1v) is 23.5. The van der Waals surface area contributed by atoms with Crippen molar-refractivity contribution in [2.24, 2.45) is 23.7 Å². The molecule has 4 atom stereocenters. The van der Waals surface area contributed by atoms with Crippen LogP contribution in [-0.4, -0.2) is 34.1 Å².